The molecule has 2 aromatic carbocycles. The molecule has 1 aliphatic heterocycles. The molecule has 26 heavy (non-hydrogen) atoms. The van der Waals surface area contributed by atoms with Crippen LogP contribution in [0.15, 0.2) is 36.4 Å². The number of halogens is 2. The summed E-state index contributed by atoms with van der Waals surface area (Å²) in [4.78, 5) is 36.8. The molecule has 1 fully saturated rings. The number of aromatic hydroxyl groups is 1. The van der Waals surface area contributed by atoms with E-state index in [-0.39, 0.29) is 17.1 Å². The van der Waals surface area contributed by atoms with Gasteiger partial charge in [-0.05, 0) is 36.4 Å². The SMILES string of the molecule is O=C(O)c1cc(N2C(=O)CC(Nc3ccc(F)c(Cl)c3)C2=O)ccc1O. The minimum atomic E-state index is -1.39. The summed E-state index contributed by atoms with van der Waals surface area (Å²) in [5, 5.41) is 21.3. The third kappa shape index (κ3) is 3.18. The van der Waals surface area contributed by atoms with Gasteiger partial charge in [-0.3, -0.25) is 9.59 Å². The molecule has 0 bridgehead atoms. The number of carbonyl (C=O) groups is 3. The summed E-state index contributed by atoms with van der Waals surface area (Å²) in [6.45, 7) is 0. The Kier molecular flexibility index (Phi) is 4.52. The maximum atomic E-state index is 13.2. The molecule has 0 radical (unpaired) electrons. The van der Waals surface area contributed by atoms with E-state index < -0.39 is 41.0 Å². The van der Waals surface area contributed by atoms with Gasteiger partial charge in [0.2, 0.25) is 5.91 Å². The van der Waals surface area contributed by atoms with Gasteiger partial charge in [0, 0.05) is 5.69 Å². The summed E-state index contributed by atoms with van der Waals surface area (Å²) in [6, 6.07) is 6.30. The van der Waals surface area contributed by atoms with Gasteiger partial charge in [0.15, 0.2) is 0 Å². The van der Waals surface area contributed by atoms with Crippen LogP contribution in [0, 0.1) is 5.82 Å². The number of carboxylic acids is 1. The molecule has 9 heteroatoms. The van der Waals surface area contributed by atoms with Crippen LogP contribution in [0.1, 0.15) is 16.8 Å². The second-order valence-corrected chi connectivity index (χ2v) is 6.01. The minimum Gasteiger partial charge on any atom is -0.507 e. The van der Waals surface area contributed by atoms with E-state index in [0.29, 0.717) is 5.69 Å². The highest BCUT2D eigenvalue weighted by Gasteiger charge is 2.40. The summed E-state index contributed by atoms with van der Waals surface area (Å²) in [7, 11) is 0. The van der Waals surface area contributed by atoms with E-state index in [4.69, 9.17) is 16.7 Å². The second-order valence-electron chi connectivity index (χ2n) is 5.60. The highest BCUT2D eigenvalue weighted by atomic mass is 35.5. The number of anilines is 2. The Labute approximate surface area is 151 Å². The molecule has 1 aliphatic rings. The van der Waals surface area contributed by atoms with Crippen LogP contribution in [0.2, 0.25) is 5.02 Å². The fourth-order valence-corrected chi connectivity index (χ4v) is 2.82. The average Bonchev–Trinajstić information content (AvgIpc) is 2.85. The van der Waals surface area contributed by atoms with Crippen LogP contribution < -0.4 is 10.2 Å². The third-order valence-electron chi connectivity index (χ3n) is 3.88. The number of hydrogen-bond acceptors (Lipinski definition) is 5. The lowest BCUT2D eigenvalue weighted by atomic mass is 10.1. The molecule has 1 saturated heterocycles. The van der Waals surface area contributed by atoms with Crippen LogP contribution in [0.5, 0.6) is 5.75 Å². The van der Waals surface area contributed by atoms with E-state index >= 15 is 0 Å². The minimum absolute atomic E-state index is 0.0386. The number of rotatable bonds is 4. The van der Waals surface area contributed by atoms with Crippen LogP contribution in [0.25, 0.3) is 0 Å². The topological polar surface area (TPSA) is 107 Å². The Hall–Kier alpha value is -3.13. The van der Waals surface area contributed by atoms with Gasteiger partial charge in [0.05, 0.1) is 17.1 Å². The van der Waals surface area contributed by atoms with Crippen molar-refractivity contribution in [3.05, 3.63) is 52.8 Å². The average molecular weight is 379 g/mol. The summed E-state index contributed by atoms with van der Waals surface area (Å²) in [6.07, 6.45) is -0.170. The maximum absolute atomic E-state index is 13.2. The van der Waals surface area contributed by atoms with Gasteiger partial charge < -0.3 is 15.5 Å². The van der Waals surface area contributed by atoms with Gasteiger partial charge in [-0.2, -0.15) is 0 Å². The van der Waals surface area contributed by atoms with E-state index in [1.165, 1.54) is 18.2 Å². The summed E-state index contributed by atoms with van der Waals surface area (Å²) >= 11 is 5.69. The number of carboxylic acid groups (broad SMARTS) is 1. The van der Waals surface area contributed by atoms with Crippen LogP contribution in [0.3, 0.4) is 0 Å². The van der Waals surface area contributed by atoms with Crippen molar-refractivity contribution in [2.24, 2.45) is 0 Å². The Morgan fingerprint density at radius 1 is 1.23 bits per heavy atom. The van der Waals surface area contributed by atoms with Crippen LogP contribution in [0.4, 0.5) is 15.8 Å². The fraction of sp³-hybridized carbons (Fsp3) is 0.118. The largest absolute Gasteiger partial charge is 0.507 e. The number of carbonyl (C=O) groups excluding carboxylic acids is 2. The van der Waals surface area contributed by atoms with E-state index in [1.54, 1.807) is 0 Å². The molecule has 1 heterocycles. The van der Waals surface area contributed by atoms with Crippen molar-refractivity contribution in [3.63, 3.8) is 0 Å². The first-order chi connectivity index (χ1) is 12.3. The lowest BCUT2D eigenvalue weighted by molar-refractivity contribution is -0.121. The molecular weight excluding hydrogens is 367 g/mol. The van der Waals surface area contributed by atoms with E-state index in [9.17, 15) is 23.9 Å². The van der Waals surface area contributed by atoms with Gasteiger partial charge >= 0.3 is 5.97 Å². The number of hydrogen-bond donors (Lipinski definition) is 3. The molecule has 0 aliphatic carbocycles. The number of imide groups is 1. The zero-order chi connectivity index (χ0) is 19.0. The van der Waals surface area contributed by atoms with E-state index in [2.05, 4.69) is 5.32 Å². The fourth-order valence-electron chi connectivity index (χ4n) is 2.64. The smallest absolute Gasteiger partial charge is 0.339 e. The predicted molar refractivity (Wildman–Crippen MR) is 91.0 cm³/mol. The number of phenols is 1. The van der Waals surface area contributed by atoms with Gasteiger partial charge in [-0.25, -0.2) is 14.1 Å². The van der Waals surface area contributed by atoms with Crippen molar-refractivity contribution in [1.29, 1.82) is 0 Å². The van der Waals surface area contributed by atoms with E-state index in [0.717, 1.165) is 23.1 Å². The zero-order valence-electron chi connectivity index (χ0n) is 13.1. The first kappa shape index (κ1) is 17.7. The van der Waals surface area contributed by atoms with Crippen LogP contribution in [-0.2, 0) is 9.59 Å². The molecule has 0 aromatic heterocycles. The molecule has 2 aromatic rings. The Morgan fingerprint density at radius 2 is 1.96 bits per heavy atom. The van der Waals surface area contributed by atoms with Gasteiger partial charge in [-0.15, -0.1) is 0 Å². The predicted octanol–water partition coefficient (Wildman–Crippen LogP) is 2.63. The van der Waals surface area contributed by atoms with Gasteiger partial charge in [-0.1, -0.05) is 11.6 Å². The molecule has 1 atom stereocenters. The lowest BCUT2D eigenvalue weighted by Gasteiger charge is -2.17. The normalized spacial score (nSPS) is 16.8. The Bertz CT molecular complexity index is 933. The summed E-state index contributed by atoms with van der Waals surface area (Å²) in [5.74, 6) is -3.62. The van der Waals surface area contributed by atoms with Gasteiger partial charge in [0.1, 0.15) is 23.2 Å². The van der Waals surface area contributed by atoms with Crippen molar-refractivity contribution in [2.45, 2.75) is 12.5 Å². The van der Waals surface area contributed by atoms with Crippen molar-refractivity contribution in [1.82, 2.24) is 0 Å². The molecular formula is C17H12ClFN2O5. The van der Waals surface area contributed by atoms with Crippen molar-refractivity contribution >= 4 is 40.8 Å². The molecule has 134 valence electrons. The molecule has 3 N–H and O–H groups in total. The maximum Gasteiger partial charge on any atom is 0.339 e. The molecule has 1 unspecified atom stereocenters. The van der Waals surface area contributed by atoms with Crippen LogP contribution >= 0.6 is 11.6 Å². The molecule has 0 saturated carbocycles. The van der Waals surface area contributed by atoms with Gasteiger partial charge in [0.25, 0.3) is 5.91 Å². The zero-order valence-corrected chi connectivity index (χ0v) is 13.8. The highest BCUT2D eigenvalue weighted by Crippen LogP contribution is 2.29. The second kappa shape index (κ2) is 6.64. The first-order valence-electron chi connectivity index (χ1n) is 7.42. The Balaban J connectivity index is 1.86. The number of amides is 2. The number of nitrogens with one attached hydrogen (secondary N) is 1. The van der Waals surface area contributed by atoms with Crippen molar-refractivity contribution in [2.75, 3.05) is 10.2 Å². The Morgan fingerprint density at radius 3 is 2.62 bits per heavy atom. The molecule has 3 rings (SSSR count). The molecule has 7 nitrogen and oxygen atoms in total. The number of nitrogens with zero attached hydrogens (tertiary/aromatic N) is 1. The number of benzene rings is 2. The highest BCUT2D eigenvalue weighted by molar-refractivity contribution is 6.31. The van der Waals surface area contributed by atoms with Crippen molar-refractivity contribution in [3.8, 4) is 5.75 Å². The quantitative estimate of drug-likeness (QED) is 0.706. The third-order valence-corrected chi connectivity index (χ3v) is 4.17. The monoisotopic (exact) mass is 378 g/mol. The summed E-state index contributed by atoms with van der Waals surface area (Å²) < 4.78 is 13.2. The number of aromatic carboxylic acids is 1. The summed E-state index contributed by atoms with van der Waals surface area (Å²) in [5.41, 5.74) is -0.0252. The first-order valence-corrected chi connectivity index (χ1v) is 7.80. The van der Waals surface area contributed by atoms with Crippen LogP contribution in [-0.4, -0.2) is 34.0 Å². The lowest BCUT2D eigenvalue weighted by Crippen LogP contribution is -2.34. The van der Waals surface area contributed by atoms with E-state index in [1.807, 2.05) is 0 Å². The standard InChI is InChI=1S/C17H12ClFN2O5/c18-11-5-8(1-3-12(11)19)20-13-7-15(23)21(16(13)24)9-2-4-14(22)10(6-9)17(25)26/h1-6,13,20,22H,7H2,(H,25,26). The van der Waals surface area contributed by atoms with Crippen molar-refractivity contribution < 1.29 is 29.0 Å². The molecule has 0 spiro atoms. The molecule has 2 amide bonds.